The molecular weight excluding hydrogens is 130 g/mol. The van der Waals surface area contributed by atoms with Crippen molar-refractivity contribution in [2.45, 2.75) is 32.6 Å². The summed E-state index contributed by atoms with van der Waals surface area (Å²) in [5.74, 6) is 0. The topological polar surface area (TPSA) is 44.5 Å². The van der Waals surface area contributed by atoms with Crippen molar-refractivity contribution in [2.75, 3.05) is 13.7 Å². The Labute approximate surface area is 62.5 Å². The van der Waals surface area contributed by atoms with E-state index in [0.717, 1.165) is 6.42 Å². The summed E-state index contributed by atoms with van der Waals surface area (Å²) in [6, 6.07) is -0.00931. The molecule has 3 heteroatoms. The summed E-state index contributed by atoms with van der Waals surface area (Å²) >= 11 is 0. The Hall–Kier alpha value is -0.120. The number of hydrogen-bond donors (Lipinski definition) is 1. The van der Waals surface area contributed by atoms with E-state index in [1.807, 2.05) is 13.8 Å². The Morgan fingerprint density at radius 2 is 2.00 bits per heavy atom. The molecule has 0 spiro atoms. The summed E-state index contributed by atoms with van der Waals surface area (Å²) in [6.45, 7) is 4.58. The summed E-state index contributed by atoms with van der Waals surface area (Å²) in [5, 5.41) is 0. The van der Waals surface area contributed by atoms with E-state index in [1.165, 1.54) is 0 Å². The molecule has 0 aromatic heterocycles. The van der Waals surface area contributed by atoms with Crippen LogP contribution in [0, 0.1) is 0 Å². The van der Waals surface area contributed by atoms with Gasteiger partial charge in [0, 0.05) is 13.7 Å². The average molecular weight is 147 g/mol. The molecule has 0 fully saturated rings. The molecule has 0 rings (SSSR count). The van der Waals surface area contributed by atoms with Crippen LogP contribution in [0.25, 0.3) is 0 Å². The zero-order valence-electron chi connectivity index (χ0n) is 6.96. The second-order valence-electron chi connectivity index (χ2n) is 2.13. The molecule has 0 heterocycles. The van der Waals surface area contributed by atoms with Crippen LogP contribution in [0.2, 0.25) is 0 Å². The summed E-state index contributed by atoms with van der Waals surface area (Å²) < 4.78 is 10.2. The molecule has 62 valence electrons. The van der Waals surface area contributed by atoms with Gasteiger partial charge in [-0.15, -0.1) is 0 Å². The van der Waals surface area contributed by atoms with Crippen LogP contribution in [0.5, 0.6) is 0 Å². The van der Waals surface area contributed by atoms with Crippen molar-refractivity contribution in [3.05, 3.63) is 0 Å². The molecule has 0 aliphatic carbocycles. The molecule has 2 N–H and O–H groups in total. The monoisotopic (exact) mass is 147 g/mol. The molecule has 0 aromatic rings. The van der Waals surface area contributed by atoms with Crippen molar-refractivity contribution in [2.24, 2.45) is 5.73 Å². The minimum atomic E-state index is -0.241. The largest absolute Gasteiger partial charge is 0.354 e. The van der Waals surface area contributed by atoms with E-state index in [9.17, 15) is 0 Å². The van der Waals surface area contributed by atoms with Crippen molar-refractivity contribution in [1.29, 1.82) is 0 Å². The fourth-order valence-corrected chi connectivity index (χ4v) is 0.723. The molecule has 2 atom stereocenters. The summed E-state index contributed by atoms with van der Waals surface area (Å²) in [4.78, 5) is 0. The van der Waals surface area contributed by atoms with Gasteiger partial charge in [0.05, 0.1) is 6.04 Å². The fourth-order valence-electron chi connectivity index (χ4n) is 0.723. The highest BCUT2D eigenvalue weighted by atomic mass is 16.7. The first-order chi connectivity index (χ1) is 4.76. The van der Waals surface area contributed by atoms with Gasteiger partial charge < -0.3 is 15.2 Å². The van der Waals surface area contributed by atoms with Gasteiger partial charge in [-0.25, -0.2) is 0 Å². The molecule has 0 bridgehead atoms. The first-order valence-electron chi connectivity index (χ1n) is 3.66. The van der Waals surface area contributed by atoms with Crippen molar-refractivity contribution in [3.8, 4) is 0 Å². The zero-order chi connectivity index (χ0) is 7.98. The molecule has 0 aromatic carbocycles. The van der Waals surface area contributed by atoms with Crippen LogP contribution in [0.3, 0.4) is 0 Å². The molecule has 2 unspecified atom stereocenters. The first-order valence-corrected chi connectivity index (χ1v) is 3.66. The normalized spacial score (nSPS) is 16.8. The molecule has 0 saturated carbocycles. The maximum Gasteiger partial charge on any atom is 0.172 e. The third kappa shape index (κ3) is 3.15. The van der Waals surface area contributed by atoms with Gasteiger partial charge in [-0.3, -0.25) is 0 Å². The Bertz CT molecular complexity index is 78.0. The lowest BCUT2D eigenvalue weighted by atomic mass is 10.2. The van der Waals surface area contributed by atoms with Gasteiger partial charge in [0.2, 0.25) is 0 Å². The molecule has 0 amide bonds. The third-order valence-corrected chi connectivity index (χ3v) is 1.38. The van der Waals surface area contributed by atoms with Gasteiger partial charge in [0.25, 0.3) is 0 Å². The Morgan fingerprint density at radius 3 is 2.30 bits per heavy atom. The van der Waals surface area contributed by atoms with E-state index >= 15 is 0 Å². The van der Waals surface area contributed by atoms with Gasteiger partial charge in [-0.05, 0) is 13.3 Å². The Kier molecular flexibility index (Phi) is 5.58. The zero-order valence-corrected chi connectivity index (χ0v) is 6.96. The summed E-state index contributed by atoms with van der Waals surface area (Å²) in [5.41, 5.74) is 5.66. The molecule has 0 radical (unpaired) electrons. The van der Waals surface area contributed by atoms with Crippen LogP contribution in [0.4, 0.5) is 0 Å². The SMILES string of the molecule is CCOC(OC)C(N)CC. The van der Waals surface area contributed by atoms with Gasteiger partial charge >= 0.3 is 0 Å². The van der Waals surface area contributed by atoms with E-state index < -0.39 is 0 Å². The average Bonchev–Trinajstić information content (AvgIpc) is 1.99. The van der Waals surface area contributed by atoms with E-state index in [2.05, 4.69) is 0 Å². The van der Waals surface area contributed by atoms with Gasteiger partial charge in [-0.1, -0.05) is 6.92 Å². The van der Waals surface area contributed by atoms with Crippen LogP contribution < -0.4 is 5.73 Å². The maximum atomic E-state index is 5.66. The van der Waals surface area contributed by atoms with Crippen LogP contribution >= 0.6 is 0 Å². The lowest BCUT2D eigenvalue weighted by molar-refractivity contribution is -0.133. The standard InChI is InChI=1S/C7H17NO2/c1-4-6(8)7(9-3)10-5-2/h6-7H,4-5,8H2,1-3H3. The number of hydrogen-bond acceptors (Lipinski definition) is 3. The highest BCUT2D eigenvalue weighted by molar-refractivity contribution is 4.61. The van der Waals surface area contributed by atoms with E-state index in [0.29, 0.717) is 6.61 Å². The van der Waals surface area contributed by atoms with E-state index in [1.54, 1.807) is 7.11 Å². The number of nitrogens with two attached hydrogens (primary N) is 1. The van der Waals surface area contributed by atoms with Crippen molar-refractivity contribution in [3.63, 3.8) is 0 Å². The van der Waals surface area contributed by atoms with Crippen LogP contribution in [-0.4, -0.2) is 26.0 Å². The predicted octanol–water partition coefficient (Wildman–Crippen LogP) is 0.733. The van der Waals surface area contributed by atoms with Gasteiger partial charge in [0.15, 0.2) is 6.29 Å². The van der Waals surface area contributed by atoms with Crippen molar-refractivity contribution < 1.29 is 9.47 Å². The van der Waals surface area contributed by atoms with Crippen LogP contribution in [-0.2, 0) is 9.47 Å². The fraction of sp³-hybridized carbons (Fsp3) is 1.00. The second-order valence-corrected chi connectivity index (χ2v) is 2.13. The van der Waals surface area contributed by atoms with Gasteiger partial charge in [0.1, 0.15) is 0 Å². The first kappa shape index (κ1) is 9.88. The quantitative estimate of drug-likeness (QED) is 0.583. The number of ether oxygens (including phenoxy) is 2. The van der Waals surface area contributed by atoms with E-state index in [-0.39, 0.29) is 12.3 Å². The third-order valence-electron chi connectivity index (χ3n) is 1.38. The smallest absolute Gasteiger partial charge is 0.172 e. The minimum Gasteiger partial charge on any atom is -0.354 e. The van der Waals surface area contributed by atoms with E-state index in [4.69, 9.17) is 15.2 Å². The van der Waals surface area contributed by atoms with Crippen molar-refractivity contribution in [1.82, 2.24) is 0 Å². The summed E-state index contributed by atoms with van der Waals surface area (Å²) in [7, 11) is 1.61. The number of methoxy groups -OCH3 is 1. The molecule has 0 saturated heterocycles. The predicted molar refractivity (Wildman–Crippen MR) is 40.7 cm³/mol. The summed E-state index contributed by atoms with van der Waals surface area (Å²) in [6.07, 6.45) is 0.633. The van der Waals surface area contributed by atoms with Crippen LogP contribution in [0.15, 0.2) is 0 Å². The number of rotatable bonds is 5. The lowest BCUT2D eigenvalue weighted by Gasteiger charge is -2.20. The molecular formula is C7H17NO2. The molecule has 0 aliphatic heterocycles. The molecule has 10 heavy (non-hydrogen) atoms. The molecule has 0 aliphatic rings. The second kappa shape index (κ2) is 5.65. The minimum absolute atomic E-state index is 0.00931. The molecule has 3 nitrogen and oxygen atoms in total. The maximum absolute atomic E-state index is 5.66. The highest BCUT2D eigenvalue weighted by Crippen LogP contribution is 2.00. The Balaban J connectivity index is 3.56. The van der Waals surface area contributed by atoms with Gasteiger partial charge in [-0.2, -0.15) is 0 Å². The Morgan fingerprint density at radius 1 is 1.40 bits per heavy atom. The lowest BCUT2D eigenvalue weighted by Crippen LogP contribution is -2.37. The van der Waals surface area contributed by atoms with Crippen LogP contribution in [0.1, 0.15) is 20.3 Å². The van der Waals surface area contributed by atoms with Crippen molar-refractivity contribution >= 4 is 0 Å². The highest BCUT2D eigenvalue weighted by Gasteiger charge is 2.13.